The second-order valence-electron chi connectivity index (χ2n) is 8.33. The lowest BCUT2D eigenvalue weighted by atomic mass is 9.97. The standard InChI is InChI=1S/C26H29BrN2O4S/c1-19(2)16-25(20-12-14-23(33-3)15-13-20)28-26(30)18-29(22-9-7-8-21(27)17-22)34(31,32)24-10-5-4-6-11-24/h4-15,17,19,25H,16,18H2,1-3H3,(H,28,30)/t25-/m0/s1. The average molecular weight is 545 g/mol. The summed E-state index contributed by atoms with van der Waals surface area (Å²) in [6.07, 6.45) is 0.709. The van der Waals surface area contributed by atoms with Gasteiger partial charge in [0.15, 0.2) is 0 Å². The Hall–Kier alpha value is -2.84. The Kier molecular flexibility index (Phi) is 8.74. The third-order valence-corrected chi connectivity index (χ3v) is 7.56. The van der Waals surface area contributed by atoms with Crippen molar-refractivity contribution in [3.63, 3.8) is 0 Å². The van der Waals surface area contributed by atoms with Crippen molar-refractivity contribution >= 4 is 37.5 Å². The number of benzene rings is 3. The van der Waals surface area contributed by atoms with Gasteiger partial charge < -0.3 is 10.1 Å². The van der Waals surface area contributed by atoms with E-state index in [9.17, 15) is 13.2 Å². The maximum atomic E-state index is 13.5. The Labute approximate surface area is 210 Å². The number of carbonyl (C=O) groups is 1. The van der Waals surface area contributed by atoms with Crippen LogP contribution in [0.2, 0.25) is 0 Å². The molecule has 6 nitrogen and oxygen atoms in total. The molecule has 1 amide bonds. The van der Waals surface area contributed by atoms with Crippen LogP contribution in [0.25, 0.3) is 0 Å². The SMILES string of the molecule is COc1ccc([C@H](CC(C)C)NC(=O)CN(c2cccc(Br)c2)S(=O)(=O)c2ccccc2)cc1. The topological polar surface area (TPSA) is 75.7 Å². The minimum absolute atomic E-state index is 0.122. The molecule has 0 saturated carbocycles. The number of hydrogen-bond donors (Lipinski definition) is 1. The van der Waals surface area contributed by atoms with E-state index in [4.69, 9.17) is 4.74 Å². The summed E-state index contributed by atoms with van der Waals surface area (Å²) in [4.78, 5) is 13.3. The van der Waals surface area contributed by atoms with Crippen molar-refractivity contribution in [1.82, 2.24) is 5.32 Å². The maximum absolute atomic E-state index is 13.5. The third-order valence-electron chi connectivity index (χ3n) is 5.28. The summed E-state index contributed by atoms with van der Waals surface area (Å²) in [5.41, 5.74) is 1.33. The number of rotatable bonds is 10. The van der Waals surface area contributed by atoms with Gasteiger partial charge in [0.05, 0.1) is 23.7 Å². The van der Waals surface area contributed by atoms with Crippen molar-refractivity contribution in [2.24, 2.45) is 5.92 Å². The van der Waals surface area contributed by atoms with Crippen molar-refractivity contribution in [3.8, 4) is 5.75 Å². The zero-order chi connectivity index (χ0) is 24.7. The van der Waals surface area contributed by atoms with E-state index in [0.717, 1.165) is 20.1 Å². The largest absolute Gasteiger partial charge is 0.497 e. The van der Waals surface area contributed by atoms with Gasteiger partial charge in [-0.05, 0) is 60.4 Å². The van der Waals surface area contributed by atoms with Gasteiger partial charge in [0.25, 0.3) is 10.0 Å². The van der Waals surface area contributed by atoms with Gasteiger partial charge in [0, 0.05) is 4.47 Å². The second-order valence-corrected chi connectivity index (χ2v) is 11.1. The first-order valence-corrected chi connectivity index (χ1v) is 13.2. The van der Waals surface area contributed by atoms with Gasteiger partial charge in [0.2, 0.25) is 5.91 Å². The van der Waals surface area contributed by atoms with Crippen molar-refractivity contribution in [2.75, 3.05) is 18.0 Å². The lowest BCUT2D eigenvalue weighted by Gasteiger charge is -2.27. The molecule has 3 rings (SSSR count). The van der Waals surface area contributed by atoms with Gasteiger partial charge >= 0.3 is 0 Å². The molecule has 34 heavy (non-hydrogen) atoms. The summed E-state index contributed by atoms with van der Waals surface area (Å²) in [5, 5.41) is 3.04. The molecule has 180 valence electrons. The van der Waals surface area contributed by atoms with E-state index in [1.165, 1.54) is 12.1 Å². The fourth-order valence-corrected chi connectivity index (χ4v) is 5.44. The monoisotopic (exact) mass is 544 g/mol. The number of halogens is 1. The Morgan fingerprint density at radius 2 is 1.68 bits per heavy atom. The molecule has 0 aromatic heterocycles. The summed E-state index contributed by atoms with van der Waals surface area (Å²) in [7, 11) is -2.36. The van der Waals surface area contributed by atoms with E-state index in [1.54, 1.807) is 49.6 Å². The molecule has 0 spiro atoms. The molecule has 0 radical (unpaired) electrons. The molecule has 0 bridgehead atoms. The number of ether oxygens (including phenoxy) is 1. The Bertz CT molecular complexity index is 1200. The van der Waals surface area contributed by atoms with Crippen molar-refractivity contribution < 1.29 is 17.9 Å². The van der Waals surface area contributed by atoms with Crippen LogP contribution in [0.5, 0.6) is 5.75 Å². The van der Waals surface area contributed by atoms with Crippen LogP contribution in [0.3, 0.4) is 0 Å². The highest BCUT2D eigenvalue weighted by Crippen LogP contribution is 2.27. The highest BCUT2D eigenvalue weighted by Gasteiger charge is 2.28. The molecule has 8 heteroatoms. The summed E-state index contributed by atoms with van der Waals surface area (Å²) in [5.74, 6) is 0.663. The zero-order valence-electron chi connectivity index (χ0n) is 19.4. The number of sulfonamides is 1. The van der Waals surface area contributed by atoms with Crippen LogP contribution in [0, 0.1) is 5.92 Å². The molecule has 3 aromatic rings. The van der Waals surface area contributed by atoms with E-state index in [1.807, 2.05) is 24.3 Å². The van der Waals surface area contributed by atoms with Crippen LogP contribution >= 0.6 is 15.9 Å². The van der Waals surface area contributed by atoms with Crippen molar-refractivity contribution in [3.05, 3.63) is 88.9 Å². The smallest absolute Gasteiger partial charge is 0.264 e. The number of nitrogens with one attached hydrogen (secondary N) is 1. The van der Waals surface area contributed by atoms with Gasteiger partial charge in [-0.25, -0.2) is 8.42 Å². The predicted molar refractivity (Wildman–Crippen MR) is 138 cm³/mol. The zero-order valence-corrected chi connectivity index (χ0v) is 21.8. The Morgan fingerprint density at radius 3 is 2.26 bits per heavy atom. The van der Waals surface area contributed by atoms with Gasteiger partial charge in [-0.15, -0.1) is 0 Å². The van der Waals surface area contributed by atoms with Crippen LogP contribution < -0.4 is 14.4 Å². The fourth-order valence-electron chi connectivity index (χ4n) is 3.62. The molecule has 0 heterocycles. The predicted octanol–water partition coefficient (Wildman–Crippen LogP) is 5.56. The molecule has 1 N–H and O–H groups in total. The van der Waals surface area contributed by atoms with Crippen LogP contribution in [0.15, 0.2) is 88.2 Å². The Balaban J connectivity index is 1.90. The lowest BCUT2D eigenvalue weighted by Crippen LogP contribution is -2.42. The van der Waals surface area contributed by atoms with E-state index in [-0.39, 0.29) is 23.4 Å². The normalized spacial score (nSPS) is 12.3. The molecule has 1 atom stereocenters. The first-order valence-electron chi connectivity index (χ1n) is 11.0. The molecular weight excluding hydrogens is 516 g/mol. The van der Waals surface area contributed by atoms with Crippen LogP contribution in [0.1, 0.15) is 31.9 Å². The highest BCUT2D eigenvalue weighted by atomic mass is 79.9. The maximum Gasteiger partial charge on any atom is 0.264 e. The van der Waals surface area contributed by atoms with Crippen LogP contribution in [-0.2, 0) is 14.8 Å². The first kappa shape index (κ1) is 25.8. The quantitative estimate of drug-likeness (QED) is 0.362. The highest BCUT2D eigenvalue weighted by molar-refractivity contribution is 9.10. The summed E-state index contributed by atoms with van der Waals surface area (Å²) < 4.78 is 34.1. The number of carbonyl (C=O) groups excluding carboxylic acids is 1. The van der Waals surface area contributed by atoms with Crippen LogP contribution in [-0.4, -0.2) is 28.0 Å². The van der Waals surface area contributed by atoms with E-state index < -0.39 is 10.0 Å². The number of anilines is 1. The minimum atomic E-state index is -3.96. The summed E-state index contributed by atoms with van der Waals surface area (Å²) in [6, 6.07) is 22.3. The van der Waals surface area contributed by atoms with Crippen molar-refractivity contribution in [1.29, 1.82) is 0 Å². The number of methoxy groups -OCH3 is 1. The Morgan fingerprint density at radius 1 is 1.00 bits per heavy atom. The summed E-state index contributed by atoms with van der Waals surface area (Å²) in [6.45, 7) is 3.81. The molecule has 3 aromatic carbocycles. The molecule has 0 unspecified atom stereocenters. The second kappa shape index (κ2) is 11.5. The molecule has 0 aliphatic carbocycles. The number of nitrogens with zero attached hydrogens (tertiary/aromatic N) is 1. The molecular formula is C26H29BrN2O4S. The number of hydrogen-bond acceptors (Lipinski definition) is 4. The number of amides is 1. The first-order chi connectivity index (χ1) is 16.2. The molecule has 0 fully saturated rings. The fraction of sp³-hybridized carbons (Fsp3) is 0.269. The van der Waals surface area contributed by atoms with Crippen LogP contribution in [0.4, 0.5) is 5.69 Å². The summed E-state index contributed by atoms with van der Waals surface area (Å²) >= 11 is 3.40. The van der Waals surface area contributed by atoms with E-state index in [2.05, 4.69) is 35.1 Å². The van der Waals surface area contributed by atoms with Gasteiger partial charge in [-0.1, -0.05) is 66.2 Å². The van der Waals surface area contributed by atoms with E-state index >= 15 is 0 Å². The molecule has 0 saturated heterocycles. The van der Waals surface area contributed by atoms with Gasteiger partial charge in [0.1, 0.15) is 12.3 Å². The molecule has 0 aliphatic rings. The molecule has 0 aliphatic heterocycles. The van der Waals surface area contributed by atoms with Crippen molar-refractivity contribution in [2.45, 2.75) is 31.2 Å². The van der Waals surface area contributed by atoms with Gasteiger partial charge in [-0.2, -0.15) is 0 Å². The third kappa shape index (κ3) is 6.61. The lowest BCUT2D eigenvalue weighted by molar-refractivity contribution is -0.120. The van der Waals surface area contributed by atoms with E-state index in [0.29, 0.717) is 18.0 Å². The average Bonchev–Trinajstić information content (AvgIpc) is 2.82. The van der Waals surface area contributed by atoms with Gasteiger partial charge in [-0.3, -0.25) is 9.10 Å². The minimum Gasteiger partial charge on any atom is -0.497 e.